The van der Waals surface area contributed by atoms with Crippen molar-refractivity contribution < 1.29 is 14.3 Å². The van der Waals surface area contributed by atoms with E-state index in [1.54, 1.807) is 6.07 Å². The van der Waals surface area contributed by atoms with Crippen molar-refractivity contribution in [1.29, 1.82) is 5.26 Å². The van der Waals surface area contributed by atoms with Crippen molar-refractivity contribution in [2.24, 2.45) is 5.92 Å². The van der Waals surface area contributed by atoms with Gasteiger partial charge in [-0.25, -0.2) is 4.79 Å². The number of carbonyl (C=O) groups is 2. The largest absolute Gasteiger partial charge is 0.465 e. The molecule has 2 N–H and O–H groups in total. The Morgan fingerprint density at radius 2 is 2.19 bits per heavy atom. The summed E-state index contributed by atoms with van der Waals surface area (Å²) in [6.45, 7) is 3.73. The van der Waals surface area contributed by atoms with Gasteiger partial charge >= 0.3 is 5.97 Å². The summed E-state index contributed by atoms with van der Waals surface area (Å²) in [6.07, 6.45) is 0. The number of carbonyl (C=O) groups excluding carboxylic acids is 2. The molecule has 16 heavy (non-hydrogen) atoms. The number of nitriles is 1. The molecule has 0 spiro atoms. The van der Waals surface area contributed by atoms with E-state index in [2.05, 4.69) is 15.4 Å². The van der Waals surface area contributed by atoms with Gasteiger partial charge in [-0.3, -0.25) is 4.79 Å². The van der Waals surface area contributed by atoms with Gasteiger partial charge in [0.25, 0.3) is 0 Å². The molecule has 0 aromatic rings. The predicted molar refractivity (Wildman–Crippen MR) is 54.6 cm³/mol. The molecule has 1 saturated heterocycles. The van der Waals surface area contributed by atoms with Crippen LogP contribution in [-0.2, 0) is 14.3 Å². The van der Waals surface area contributed by atoms with E-state index in [0.717, 1.165) is 0 Å². The number of methoxy groups -OCH3 is 1. The van der Waals surface area contributed by atoms with Crippen molar-refractivity contribution in [3.05, 3.63) is 11.4 Å². The minimum Gasteiger partial charge on any atom is -0.465 e. The molecule has 1 heterocycles. The van der Waals surface area contributed by atoms with Gasteiger partial charge in [0.1, 0.15) is 17.9 Å². The molecule has 1 aliphatic heterocycles. The van der Waals surface area contributed by atoms with Crippen LogP contribution in [0.2, 0.25) is 0 Å². The van der Waals surface area contributed by atoms with Crippen molar-refractivity contribution in [3.63, 3.8) is 0 Å². The highest BCUT2D eigenvalue weighted by Gasteiger charge is 2.33. The molecular formula is C10H13N3O3. The summed E-state index contributed by atoms with van der Waals surface area (Å²) in [5.41, 5.74) is -0.223. The highest BCUT2D eigenvalue weighted by molar-refractivity contribution is 5.96. The zero-order chi connectivity index (χ0) is 12.3. The van der Waals surface area contributed by atoms with Crippen LogP contribution in [0.15, 0.2) is 11.4 Å². The summed E-state index contributed by atoms with van der Waals surface area (Å²) in [5.74, 6) is -0.829. The molecule has 0 aromatic heterocycles. The van der Waals surface area contributed by atoms with E-state index < -0.39 is 12.0 Å². The number of ether oxygens (including phenoxy) is 1. The maximum Gasteiger partial charge on any atom is 0.352 e. The molecule has 6 nitrogen and oxygen atoms in total. The van der Waals surface area contributed by atoms with Gasteiger partial charge in [0, 0.05) is 0 Å². The molecular weight excluding hydrogens is 210 g/mol. The SMILES string of the molecule is COC(=O)/C(C#N)=C1\NC(=O)C(C(C)C)N1. The molecule has 1 rings (SSSR count). The number of esters is 1. The Bertz CT molecular complexity index is 393. The summed E-state index contributed by atoms with van der Waals surface area (Å²) in [7, 11) is 1.18. The van der Waals surface area contributed by atoms with Crippen LogP contribution in [0.4, 0.5) is 0 Å². The first-order chi connectivity index (χ1) is 7.51. The highest BCUT2D eigenvalue weighted by Crippen LogP contribution is 2.13. The van der Waals surface area contributed by atoms with Crippen molar-refractivity contribution in [3.8, 4) is 6.07 Å². The van der Waals surface area contributed by atoms with Gasteiger partial charge in [-0.15, -0.1) is 0 Å². The lowest BCUT2D eigenvalue weighted by Crippen LogP contribution is -2.33. The molecule has 1 fully saturated rings. The second kappa shape index (κ2) is 4.66. The summed E-state index contributed by atoms with van der Waals surface area (Å²) in [5, 5.41) is 14.1. The monoisotopic (exact) mass is 223 g/mol. The number of hydrogen-bond donors (Lipinski definition) is 2. The van der Waals surface area contributed by atoms with Gasteiger partial charge in [-0.1, -0.05) is 13.8 Å². The minimum absolute atomic E-state index is 0.0649. The molecule has 1 unspecified atom stereocenters. The topological polar surface area (TPSA) is 91.2 Å². The number of amides is 1. The molecule has 0 saturated carbocycles. The Morgan fingerprint density at radius 3 is 2.56 bits per heavy atom. The van der Waals surface area contributed by atoms with Gasteiger partial charge in [0.05, 0.1) is 7.11 Å². The average molecular weight is 223 g/mol. The quantitative estimate of drug-likeness (QED) is 0.379. The summed E-state index contributed by atoms with van der Waals surface area (Å²) < 4.78 is 4.44. The van der Waals surface area contributed by atoms with E-state index in [-0.39, 0.29) is 23.2 Å². The highest BCUT2D eigenvalue weighted by atomic mass is 16.5. The summed E-state index contributed by atoms with van der Waals surface area (Å²) in [4.78, 5) is 22.7. The molecule has 86 valence electrons. The number of nitrogens with one attached hydrogen (secondary N) is 2. The van der Waals surface area contributed by atoms with Crippen LogP contribution in [0.1, 0.15) is 13.8 Å². The molecule has 0 radical (unpaired) electrons. The summed E-state index contributed by atoms with van der Waals surface area (Å²) in [6, 6.07) is 1.27. The van der Waals surface area contributed by atoms with Crippen LogP contribution >= 0.6 is 0 Å². The van der Waals surface area contributed by atoms with E-state index >= 15 is 0 Å². The van der Waals surface area contributed by atoms with E-state index in [1.165, 1.54) is 7.11 Å². The lowest BCUT2D eigenvalue weighted by Gasteiger charge is -2.11. The van der Waals surface area contributed by atoms with Crippen LogP contribution in [0.25, 0.3) is 0 Å². The third-order valence-electron chi connectivity index (χ3n) is 2.25. The fraction of sp³-hybridized carbons (Fsp3) is 0.500. The first-order valence-corrected chi connectivity index (χ1v) is 4.81. The third kappa shape index (κ3) is 2.14. The van der Waals surface area contributed by atoms with Gasteiger partial charge in [-0.05, 0) is 5.92 Å². The van der Waals surface area contributed by atoms with E-state index in [1.807, 2.05) is 13.8 Å². The van der Waals surface area contributed by atoms with E-state index in [4.69, 9.17) is 5.26 Å². The molecule has 1 atom stereocenters. The predicted octanol–water partition coefficient (Wildman–Crippen LogP) is -0.361. The molecule has 0 aromatic carbocycles. The molecule has 6 heteroatoms. The third-order valence-corrected chi connectivity index (χ3v) is 2.25. The van der Waals surface area contributed by atoms with Crippen LogP contribution in [0.5, 0.6) is 0 Å². The van der Waals surface area contributed by atoms with Gasteiger partial charge < -0.3 is 15.4 Å². The zero-order valence-corrected chi connectivity index (χ0v) is 9.33. The molecule has 0 aliphatic carbocycles. The smallest absolute Gasteiger partial charge is 0.352 e. The maximum atomic E-state index is 11.5. The molecule has 1 aliphatic rings. The van der Waals surface area contributed by atoms with Crippen LogP contribution in [0.3, 0.4) is 0 Å². The standard InChI is InChI=1S/C10H13N3O3/c1-5(2)7-9(14)13-8(12-7)6(4-11)10(15)16-3/h5,7,12H,1-3H3,(H,13,14)/b8-6-. The van der Waals surface area contributed by atoms with Gasteiger partial charge in [0.2, 0.25) is 5.91 Å². The average Bonchev–Trinajstić information content (AvgIpc) is 2.61. The Hall–Kier alpha value is -2.03. The number of hydrogen-bond acceptors (Lipinski definition) is 5. The number of nitrogens with zero attached hydrogens (tertiary/aromatic N) is 1. The minimum atomic E-state index is -0.769. The Morgan fingerprint density at radius 1 is 1.56 bits per heavy atom. The van der Waals surface area contributed by atoms with Crippen molar-refractivity contribution in [2.75, 3.05) is 7.11 Å². The second-order valence-electron chi connectivity index (χ2n) is 3.71. The fourth-order valence-electron chi connectivity index (χ4n) is 1.37. The second-order valence-corrected chi connectivity index (χ2v) is 3.71. The zero-order valence-electron chi connectivity index (χ0n) is 9.33. The van der Waals surface area contributed by atoms with Crippen molar-refractivity contribution >= 4 is 11.9 Å². The van der Waals surface area contributed by atoms with E-state index in [9.17, 15) is 9.59 Å². The molecule has 1 amide bonds. The fourth-order valence-corrected chi connectivity index (χ4v) is 1.37. The molecule has 0 bridgehead atoms. The van der Waals surface area contributed by atoms with Crippen molar-refractivity contribution in [1.82, 2.24) is 10.6 Å². The Balaban J connectivity index is 3.00. The normalized spacial score (nSPS) is 22.2. The van der Waals surface area contributed by atoms with Crippen molar-refractivity contribution in [2.45, 2.75) is 19.9 Å². The number of rotatable bonds is 2. The van der Waals surface area contributed by atoms with Crippen LogP contribution in [-0.4, -0.2) is 25.0 Å². The van der Waals surface area contributed by atoms with Gasteiger partial charge in [-0.2, -0.15) is 5.26 Å². The van der Waals surface area contributed by atoms with E-state index in [0.29, 0.717) is 0 Å². The van der Waals surface area contributed by atoms with Crippen LogP contribution in [0, 0.1) is 17.2 Å². The summed E-state index contributed by atoms with van der Waals surface area (Å²) >= 11 is 0. The van der Waals surface area contributed by atoms with Gasteiger partial charge in [0.15, 0.2) is 5.57 Å². The maximum absolute atomic E-state index is 11.5. The lowest BCUT2D eigenvalue weighted by atomic mass is 10.1. The first kappa shape index (κ1) is 12.0. The Labute approximate surface area is 93.3 Å². The first-order valence-electron chi connectivity index (χ1n) is 4.81. The van der Waals surface area contributed by atoms with Crippen LogP contribution < -0.4 is 10.6 Å². The lowest BCUT2D eigenvalue weighted by molar-refractivity contribution is -0.135. The Kier molecular flexibility index (Phi) is 3.51.